The van der Waals surface area contributed by atoms with Gasteiger partial charge in [0.1, 0.15) is 17.5 Å². The van der Waals surface area contributed by atoms with Gasteiger partial charge < -0.3 is 5.32 Å². The Morgan fingerprint density at radius 1 is 1.12 bits per heavy atom. The first-order chi connectivity index (χ1) is 11.6. The lowest BCUT2D eigenvalue weighted by molar-refractivity contribution is -0.144. The summed E-state index contributed by atoms with van der Waals surface area (Å²) < 4.78 is 66.2. The van der Waals surface area contributed by atoms with Crippen molar-refractivity contribution in [2.45, 2.75) is 26.1 Å². The largest absolute Gasteiger partial charge is 0.453 e. The van der Waals surface area contributed by atoms with E-state index in [2.05, 4.69) is 20.4 Å². The highest BCUT2D eigenvalue weighted by Crippen LogP contribution is 2.28. The van der Waals surface area contributed by atoms with Crippen LogP contribution in [0, 0.1) is 18.6 Å². The molecule has 1 aromatic carbocycles. The van der Waals surface area contributed by atoms with Crippen LogP contribution in [0.4, 0.5) is 27.8 Å². The second kappa shape index (κ2) is 5.94. The molecule has 0 aliphatic carbocycles. The Balaban J connectivity index is 2.01. The molecule has 132 valence electrons. The molecule has 1 atom stereocenters. The van der Waals surface area contributed by atoms with Crippen molar-refractivity contribution in [1.82, 2.24) is 19.6 Å². The summed E-state index contributed by atoms with van der Waals surface area (Å²) in [5.41, 5.74) is 0.558. The molecule has 0 amide bonds. The van der Waals surface area contributed by atoms with E-state index in [4.69, 9.17) is 0 Å². The van der Waals surface area contributed by atoms with Gasteiger partial charge in [0.15, 0.2) is 0 Å². The smallest absolute Gasteiger partial charge is 0.363 e. The van der Waals surface area contributed by atoms with E-state index in [1.165, 1.54) is 12.1 Å². The van der Waals surface area contributed by atoms with Crippen LogP contribution >= 0.6 is 0 Å². The standard InChI is InChI=1S/C15H12F5N5/c1-7-5-12(22-8(2)10-4-3-9(16)6-11(10)17)25-14(21-7)23-13(24-25)15(18,19)20/h3-6,8,22H,1-2H3. The van der Waals surface area contributed by atoms with Gasteiger partial charge in [-0.15, -0.1) is 5.10 Å². The van der Waals surface area contributed by atoms with Crippen molar-refractivity contribution >= 4 is 11.6 Å². The lowest BCUT2D eigenvalue weighted by Gasteiger charge is -2.17. The van der Waals surface area contributed by atoms with Gasteiger partial charge in [-0.1, -0.05) is 6.07 Å². The highest BCUT2D eigenvalue weighted by Gasteiger charge is 2.37. The Morgan fingerprint density at radius 3 is 2.48 bits per heavy atom. The Labute approximate surface area is 138 Å². The minimum absolute atomic E-state index is 0.153. The van der Waals surface area contributed by atoms with E-state index in [-0.39, 0.29) is 17.2 Å². The van der Waals surface area contributed by atoms with Gasteiger partial charge in [-0.3, -0.25) is 0 Å². The van der Waals surface area contributed by atoms with Crippen LogP contribution in [0.2, 0.25) is 0 Å². The fraction of sp³-hybridized carbons (Fsp3) is 0.267. The quantitative estimate of drug-likeness (QED) is 0.723. The molecule has 2 aromatic heterocycles. The summed E-state index contributed by atoms with van der Waals surface area (Å²) in [6, 6.07) is 3.89. The van der Waals surface area contributed by atoms with Crippen molar-refractivity contribution in [3.63, 3.8) is 0 Å². The van der Waals surface area contributed by atoms with Crippen LogP contribution < -0.4 is 5.32 Å². The number of anilines is 1. The number of aryl methyl sites for hydroxylation is 1. The van der Waals surface area contributed by atoms with E-state index in [1.54, 1.807) is 13.8 Å². The Morgan fingerprint density at radius 2 is 1.84 bits per heavy atom. The van der Waals surface area contributed by atoms with Crippen molar-refractivity contribution in [3.8, 4) is 0 Å². The zero-order valence-electron chi connectivity index (χ0n) is 13.1. The van der Waals surface area contributed by atoms with Crippen LogP contribution in [0.1, 0.15) is 30.0 Å². The Hall–Kier alpha value is -2.78. The molecule has 3 rings (SSSR count). The van der Waals surface area contributed by atoms with E-state index < -0.39 is 29.7 Å². The van der Waals surface area contributed by atoms with Crippen LogP contribution in [-0.4, -0.2) is 19.6 Å². The first-order valence-electron chi connectivity index (χ1n) is 7.18. The minimum Gasteiger partial charge on any atom is -0.363 e. The van der Waals surface area contributed by atoms with Gasteiger partial charge >= 0.3 is 6.18 Å². The molecule has 0 radical (unpaired) electrons. The molecule has 3 aromatic rings. The molecule has 0 fully saturated rings. The van der Waals surface area contributed by atoms with Crippen LogP contribution in [0.15, 0.2) is 24.3 Å². The first-order valence-corrected chi connectivity index (χ1v) is 7.18. The third-order valence-corrected chi connectivity index (χ3v) is 3.49. The SMILES string of the molecule is Cc1cc(NC(C)c2ccc(F)cc2F)n2nc(C(F)(F)F)nc2n1. The predicted molar refractivity (Wildman–Crippen MR) is 78.9 cm³/mol. The average Bonchev–Trinajstić information content (AvgIpc) is 2.91. The Kier molecular flexibility index (Phi) is 4.05. The lowest BCUT2D eigenvalue weighted by atomic mass is 10.1. The average molecular weight is 357 g/mol. The molecule has 2 heterocycles. The summed E-state index contributed by atoms with van der Waals surface area (Å²) in [7, 11) is 0. The molecule has 0 spiro atoms. The summed E-state index contributed by atoms with van der Waals surface area (Å²) in [6.45, 7) is 3.16. The summed E-state index contributed by atoms with van der Waals surface area (Å²) in [5, 5.41) is 6.27. The molecule has 1 N–H and O–H groups in total. The molecule has 0 aliphatic rings. The number of alkyl halides is 3. The maximum Gasteiger partial charge on any atom is 0.453 e. The summed E-state index contributed by atoms with van der Waals surface area (Å²) >= 11 is 0. The highest BCUT2D eigenvalue weighted by atomic mass is 19.4. The Bertz CT molecular complexity index is 934. The molecular formula is C15H12F5N5. The summed E-state index contributed by atoms with van der Waals surface area (Å²) in [4.78, 5) is 7.27. The van der Waals surface area contributed by atoms with Crippen LogP contribution in [0.25, 0.3) is 5.78 Å². The molecule has 0 saturated carbocycles. The van der Waals surface area contributed by atoms with Crippen molar-refractivity contribution in [2.24, 2.45) is 0 Å². The van der Waals surface area contributed by atoms with Crippen LogP contribution in [-0.2, 0) is 6.18 Å². The van der Waals surface area contributed by atoms with Crippen molar-refractivity contribution < 1.29 is 22.0 Å². The second-order valence-electron chi connectivity index (χ2n) is 5.46. The van der Waals surface area contributed by atoms with Crippen LogP contribution in [0.5, 0.6) is 0 Å². The molecule has 0 aliphatic heterocycles. The first kappa shape index (κ1) is 17.1. The molecule has 1 unspecified atom stereocenters. The zero-order valence-corrected chi connectivity index (χ0v) is 13.1. The van der Waals surface area contributed by atoms with Gasteiger partial charge in [-0.2, -0.15) is 22.7 Å². The molecule has 25 heavy (non-hydrogen) atoms. The monoisotopic (exact) mass is 357 g/mol. The molecule has 5 nitrogen and oxygen atoms in total. The van der Waals surface area contributed by atoms with Crippen molar-refractivity contribution in [2.75, 3.05) is 5.32 Å². The predicted octanol–water partition coefficient (Wildman–Crippen LogP) is 3.90. The molecule has 10 heteroatoms. The maximum atomic E-state index is 13.9. The number of fused-ring (bicyclic) bond motifs is 1. The van der Waals surface area contributed by atoms with E-state index in [9.17, 15) is 22.0 Å². The van der Waals surface area contributed by atoms with Gasteiger partial charge in [0, 0.05) is 23.4 Å². The lowest BCUT2D eigenvalue weighted by Crippen LogP contribution is -2.13. The fourth-order valence-corrected chi connectivity index (χ4v) is 2.36. The zero-order chi connectivity index (χ0) is 18.4. The number of halogens is 5. The number of hydrogen-bond acceptors (Lipinski definition) is 4. The number of hydrogen-bond donors (Lipinski definition) is 1. The summed E-state index contributed by atoms with van der Waals surface area (Å²) in [6.07, 6.45) is -4.71. The topological polar surface area (TPSA) is 55.1 Å². The molecule has 0 bridgehead atoms. The van der Waals surface area contributed by atoms with Gasteiger partial charge in [-0.25, -0.2) is 13.8 Å². The van der Waals surface area contributed by atoms with Gasteiger partial charge in [-0.05, 0) is 19.9 Å². The third-order valence-electron chi connectivity index (χ3n) is 3.49. The third kappa shape index (κ3) is 3.37. The highest BCUT2D eigenvalue weighted by molar-refractivity contribution is 5.47. The molecule has 0 saturated heterocycles. The molecular weight excluding hydrogens is 345 g/mol. The minimum atomic E-state index is -4.71. The van der Waals surface area contributed by atoms with E-state index in [1.807, 2.05) is 0 Å². The van der Waals surface area contributed by atoms with Gasteiger partial charge in [0.25, 0.3) is 11.6 Å². The van der Waals surface area contributed by atoms with E-state index in [0.717, 1.165) is 16.6 Å². The second-order valence-corrected chi connectivity index (χ2v) is 5.46. The van der Waals surface area contributed by atoms with Crippen LogP contribution in [0.3, 0.4) is 0 Å². The summed E-state index contributed by atoms with van der Waals surface area (Å²) in [5.74, 6) is -2.89. The number of nitrogens with zero attached hydrogens (tertiary/aromatic N) is 4. The maximum absolute atomic E-state index is 13.9. The fourth-order valence-electron chi connectivity index (χ4n) is 2.36. The number of aromatic nitrogens is 4. The van der Waals surface area contributed by atoms with Gasteiger partial charge in [0.05, 0.1) is 6.04 Å². The van der Waals surface area contributed by atoms with Gasteiger partial charge in [0.2, 0.25) is 0 Å². The normalized spacial score (nSPS) is 13.2. The van der Waals surface area contributed by atoms with E-state index in [0.29, 0.717) is 5.69 Å². The van der Waals surface area contributed by atoms with E-state index >= 15 is 0 Å². The number of nitrogens with one attached hydrogen (secondary N) is 1. The van der Waals surface area contributed by atoms with Crippen molar-refractivity contribution in [3.05, 3.63) is 53.0 Å². The number of benzene rings is 1. The van der Waals surface area contributed by atoms with Crippen molar-refractivity contribution in [1.29, 1.82) is 0 Å². The number of rotatable bonds is 3.